The molecule has 5 nitrogen and oxygen atoms in total. The summed E-state index contributed by atoms with van der Waals surface area (Å²) in [5.41, 5.74) is 0.666. The van der Waals surface area contributed by atoms with Gasteiger partial charge in [0.05, 0.1) is 11.7 Å². The summed E-state index contributed by atoms with van der Waals surface area (Å²) in [6, 6.07) is 11.4. The number of aromatic nitrogens is 2. The minimum absolute atomic E-state index is 0.00451. The molecule has 0 bridgehead atoms. The number of amides is 1. The first kappa shape index (κ1) is 17.4. The first-order chi connectivity index (χ1) is 12.0. The lowest BCUT2D eigenvalue weighted by atomic mass is 10.2. The van der Waals surface area contributed by atoms with E-state index in [9.17, 15) is 9.59 Å². The molecule has 0 saturated heterocycles. The number of rotatable bonds is 5. The number of nitrogens with zero attached hydrogens (tertiary/aromatic N) is 3. The maximum absolute atomic E-state index is 12.8. The fraction of sp³-hybridized carbons (Fsp3) is 0.316. The highest BCUT2D eigenvalue weighted by atomic mass is 32.1. The predicted octanol–water partition coefficient (Wildman–Crippen LogP) is 3.46. The van der Waals surface area contributed by atoms with Crippen molar-refractivity contribution in [2.45, 2.75) is 39.8 Å². The third-order valence-corrected chi connectivity index (χ3v) is 5.23. The molecule has 0 fully saturated rings. The average Bonchev–Trinajstić information content (AvgIpc) is 3.02. The van der Waals surface area contributed by atoms with Crippen LogP contribution in [0, 0.1) is 0 Å². The van der Waals surface area contributed by atoms with Crippen LogP contribution in [0.5, 0.6) is 0 Å². The van der Waals surface area contributed by atoms with Gasteiger partial charge in [-0.15, -0.1) is 11.3 Å². The van der Waals surface area contributed by atoms with Crippen LogP contribution in [0.2, 0.25) is 0 Å². The highest BCUT2D eigenvalue weighted by Crippen LogP contribution is 2.21. The molecule has 1 amide bonds. The van der Waals surface area contributed by atoms with Crippen LogP contribution in [0.1, 0.15) is 25.6 Å². The Bertz CT molecular complexity index is 944. The number of thiophene rings is 1. The molecule has 0 unspecified atom stereocenters. The van der Waals surface area contributed by atoms with Crippen molar-refractivity contribution in [3.8, 4) is 0 Å². The number of anilines is 1. The molecule has 3 aromatic rings. The van der Waals surface area contributed by atoms with E-state index in [0.717, 1.165) is 21.8 Å². The van der Waals surface area contributed by atoms with Crippen molar-refractivity contribution in [2.24, 2.45) is 0 Å². The van der Waals surface area contributed by atoms with Crippen molar-refractivity contribution in [2.75, 3.05) is 4.90 Å². The predicted molar refractivity (Wildman–Crippen MR) is 102 cm³/mol. The largest absolute Gasteiger partial charge is 0.308 e. The summed E-state index contributed by atoms with van der Waals surface area (Å²) in [7, 11) is 0. The van der Waals surface area contributed by atoms with E-state index in [1.807, 2.05) is 57.2 Å². The first-order valence-corrected chi connectivity index (χ1v) is 9.18. The lowest BCUT2D eigenvalue weighted by Crippen LogP contribution is -2.41. The quantitative estimate of drug-likeness (QED) is 0.704. The van der Waals surface area contributed by atoms with Crippen LogP contribution in [0.3, 0.4) is 0 Å². The number of para-hydroxylation sites is 1. The molecule has 2 aromatic heterocycles. The van der Waals surface area contributed by atoms with Gasteiger partial charge in [-0.25, -0.2) is 4.98 Å². The standard InChI is InChI=1S/C19H21N3O2S/c1-4-15-10-16-18(25-15)20-12-21(19(16)24)11-17(23)22(13(2)3)14-8-6-5-7-9-14/h5-10,12-13H,4,11H2,1-3H3. The van der Waals surface area contributed by atoms with Gasteiger partial charge in [0.25, 0.3) is 5.56 Å². The highest BCUT2D eigenvalue weighted by Gasteiger charge is 2.20. The minimum Gasteiger partial charge on any atom is -0.308 e. The fourth-order valence-electron chi connectivity index (χ4n) is 2.84. The van der Waals surface area contributed by atoms with E-state index in [1.54, 1.807) is 4.90 Å². The number of carbonyl (C=O) groups excluding carboxylic acids is 1. The molecule has 1 aromatic carbocycles. The van der Waals surface area contributed by atoms with Crippen LogP contribution in [-0.4, -0.2) is 21.5 Å². The Hall–Kier alpha value is -2.47. The molecule has 3 rings (SSSR count). The third kappa shape index (κ3) is 3.49. The number of aryl methyl sites for hydroxylation is 1. The van der Waals surface area contributed by atoms with Gasteiger partial charge < -0.3 is 4.90 Å². The van der Waals surface area contributed by atoms with Gasteiger partial charge in [0, 0.05) is 16.6 Å². The van der Waals surface area contributed by atoms with Gasteiger partial charge >= 0.3 is 0 Å². The Kier molecular flexibility index (Phi) is 4.99. The van der Waals surface area contributed by atoms with Gasteiger partial charge in [0.2, 0.25) is 5.91 Å². The van der Waals surface area contributed by atoms with Crippen LogP contribution in [0.15, 0.2) is 47.5 Å². The Morgan fingerprint density at radius 2 is 2.00 bits per heavy atom. The van der Waals surface area contributed by atoms with Crippen molar-refractivity contribution in [1.82, 2.24) is 9.55 Å². The lowest BCUT2D eigenvalue weighted by molar-refractivity contribution is -0.119. The van der Waals surface area contributed by atoms with Gasteiger partial charge in [-0.3, -0.25) is 14.2 Å². The van der Waals surface area contributed by atoms with E-state index in [-0.39, 0.29) is 24.1 Å². The zero-order valence-corrected chi connectivity index (χ0v) is 15.4. The zero-order chi connectivity index (χ0) is 18.0. The van der Waals surface area contributed by atoms with Gasteiger partial charge in [-0.05, 0) is 38.5 Å². The zero-order valence-electron chi connectivity index (χ0n) is 14.6. The van der Waals surface area contributed by atoms with Gasteiger partial charge in [0.15, 0.2) is 0 Å². The number of carbonyl (C=O) groups is 1. The monoisotopic (exact) mass is 355 g/mol. The second kappa shape index (κ2) is 7.19. The van der Waals surface area contributed by atoms with E-state index in [4.69, 9.17) is 0 Å². The summed E-state index contributed by atoms with van der Waals surface area (Å²) < 4.78 is 1.40. The summed E-state index contributed by atoms with van der Waals surface area (Å²) in [6.45, 7) is 5.95. The molecule has 0 radical (unpaired) electrons. The summed E-state index contributed by atoms with van der Waals surface area (Å²) in [5, 5.41) is 0.591. The Labute approximate surface area is 150 Å². The SMILES string of the molecule is CCc1cc2c(=O)n(CC(=O)N(c3ccccc3)C(C)C)cnc2s1. The molecule has 2 heterocycles. The number of fused-ring (bicyclic) bond motifs is 1. The topological polar surface area (TPSA) is 55.2 Å². The first-order valence-electron chi connectivity index (χ1n) is 8.36. The van der Waals surface area contributed by atoms with E-state index in [0.29, 0.717) is 5.39 Å². The smallest absolute Gasteiger partial charge is 0.262 e. The number of hydrogen-bond donors (Lipinski definition) is 0. The van der Waals surface area contributed by atoms with E-state index in [1.165, 1.54) is 22.2 Å². The molecule has 0 N–H and O–H groups in total. The van der Waals surface area contributed by atoms with Crippen LogP contribution in [0.4, 0.5) is 5.69 Å². The van der Waals surface area contributed by atoms with Crippen molar-refractivity contribution >= 4 is 33.1 Å². The molecule has 130 valence electrons. The summed E-state index contributed by atoms with van der Waals surface area (Å²) >= 11 is 1.53. The second-order valence-corrected chi connectivity index (χ2v) is 7.27. The number of benzene rings is 1. The molecular formula is C19H21N3O2S. The maximum atomic E-state index is 12.8. The molecule has 6 heteroatoms. The molecule has 0 aliphatic heterocycles. The van der Waals surface area contributed by atoms with Crippen LogP contribution in [0.25, 0.3) is 10.2 Å². The third-order valence-electron chi connectivity index (χ3n) is 4.04. The average molecular weight is 355 g/mol. The van der Waals surface area contributed by atoms with Gasteiger partial charge in [0.1, 0.15) is 11.4 Å². The normalized spacial score (nSPS) is 11.2. The van der Waals surface area contributed by atoms with E-state index in [2.05, 4.69) is 4.98 Å². The molecule has 0 spiro atoms. The van der Waals surface area contributed by atoms with Crippen molar-refractivity contribution in [3.05, 3.63) is 58.0 Å². The maximum Gasteiger partial charge on any atom is 0.262 e. The highest BCUT2D eigenvalue weighted by molar-refractivity contribution is 7.18. The summed E-state index contributed by atoms with van der Waals surface area (Å²) in [6.07, 6.45) is 2.34. The fourth-order valence-corrected chi connectivity index (χ4v) is 3.76. The van der Waals surface area contributed by atoms with Crippen molar-refractivity contribution < 1.29 is 4.79 Å². The molecule has 0 atom stereocenters. The minimum atomic E-state index is -0.161. The molecule has 0 saturated carbocycles. The summed E-state index contributed by atoms with van der Waals surface area (Å²) in [4.78, 5) is 33.4. The van der Waals surface area contributed by atoms with E-state index < -0.39 is 0 Å². The van der Waals surface area contributed by atoms with E-state index >= 15 is 0 Å². The van der Waals surface area contributed by atoms with Crippen molar-refractivity contribution in [1.29, 1.82) is 0 Å². The Morgan fingerprint density at radius 1 is 1.28 bits per heavy atom. The van der Waals surface area contributed by atoms with Crippen LogP contribution >= 0.6 is 11.3 Å². The van der Waals surface area contributed by atoms with Crippen LogP contribution < -0.4 is 10.5 Å². The van der Waals surface area contributed by atoms with Gasteiger partial charge in [-0.2, -0.15) is 0 Å². The lowest BCUT2D eigenvalue weighted by Gasteiger charge is -2.27. The number of hydrogen-bond acceptors (Lipinski definition) is 4. The second-order valence-electron chi connectivity index (χ2n) is 6.16. The summed E-state index contributed by atoms with van der Waals surface area (Å²) in [5.74, 6) is -0.129. The molecule has 25 heavy (non-hydrogen) atoms. The van der Waals surface area contributed by atoms with Crippen LogP contribution in [-0.2, 0) is 17.8 Å². The van der Waals surface area contributed by atoms with Gasteiger partial charge in [-0.1, -0.05) is 25.1 Å². The molecule has 0 aliphatic carbocycles. The molecular weight excluding hydrogens is 334 g/mol. The van der Waals surface area contributed by atoms with Crippen molar-refractivity contribution in [3.63, 3.8) is 0 Å². The molecule has 0 aliphatic rings. The Balaban J connectivity index is 1.93. The Morgan fingerprint density at radius 3 is 2.64 bits per heavy atom.